The number of aromatic nitrogens is 4. The SMILES string of the molecule is CO[C@@H]1CCN(c2ccc(-n3ncc4c(=O)n(CC5(O)CCN(C(=O)N(C)C)CC5)cnc43)cc2)C1. The van der Waals surface area contributed by atoms with Crippen molar-refractivity contribution in [3.8, 4) is 5.69 Å². The zero-order chi connectivity index (χ0) is 25.4. The summed E-state index contributed by atoms with van der Waals surface area (Å²) in [4.78, 5) is 35.4. The van der Waals surface area contributed by atoms with E-state index in [0.717, 1.165) is 30.9 Å². The number of likely N-dealkylation sites (tertiary alicyclic amines) is 1. The predicted molar refractivity (Wildman–Crippen MR) is 136 cm³/mol. The lowest BCUT2D eigenvalue weighted by Gasteiger charge is -2.39. The largest absolute Gasteiger partial charge is 0.388 e. The van der Waals surface area contributed by atoms with E-state index < -0.39 is 5.60 Å². The lowest BCUT2D eigenvalue weighted by Crippen LogP contribution is -2.51. The number of hydrogen-bond acceptors (Lipinski definition) is 7. The minimum absolute atomic E-state index is 0.0719. The summed E-state index contributed by atoms with van der Waals surface area (Å²) in [5.41, 5.74) is 1.09. The van der Waals surface area contributed by atoms with Crippen LogP contribution in [0.15, 0.2) is 41.6 Å². The van der Waals surface area contributed by atoms with Gasteiger partial charge in [0, 0.05) is 53.1 Å². The molecular formula is C25H33N7O4. The molecule has 1 atom stereocenters. The van der Waals surface area contributed by atoms with Gasteiger partial charge in [-0.2, -0.15) is 5.10 Å². The van der Waals surface area contributed by atoms with E-state index in [1.807, 2.05) is 24.3 Å². The molecule has 0 spiro atoms. The highest BCUT2D eigenvalue weighted by molar-refractivity contribution is 5.75. The fraction of sp³-hybridized carbons (Fsp3) is 0.520. The van der Waals surface area contributed by atoms with Crippen molar-refractivity contribution in [2.24, 2.45) is 0 Å². The Kier molecular flexibility index (Phi) is 6.44. The molecule has 5 rings (SSSR count). The number of anilines is 1. The molecule has 36 heavy (non-hydrogen) atoms. The fourth-order valence-corrected chi connectivity index (χ4v) is 5.08. The molecule has 11 nitrogen and oxygen atoms in total. The Hall–Kier alpha value is -3.44. The lowest BCUT2D eigenvalue weighted by atomic mass is 9.91. The monoisotopic (exact) mass is 495 g/mol. The summed E-state index contributed by atoms with van der Waals surface area (Å²) in [6, 6.07) is 7.97. The Morgan fingerprint density at radius 3 is 2.50 bits per heavy atom. The molecule has 2 aromatic heterocycles. The van der Waals surface area contributed by atoms with Gasteiger partial charge in [0.15, 0.2) is 5.65 Å². The van der Waals surface area contributed by atoms with Gasteiger partial charge in [0.1, 0.15) is 11.7 Å². The van der Waals surface area contributed by atoms with Gasteiger partial charge in [0.25, 0.3) is 5.56 Å². The van der Waals surface area contributed by atoms with Crippen LogP contribution in [0.5, 0.6) is 0 Å². The maximum atomic E-state index is 13.2. The molecular weight excluding hydrogens is 462 g/mol. The Morgan fingerprint density at radius 1 is 1.17 bits per heavy atom. The number of ether oxygens (including phenoxy) is 1. The number of methoxy groups -OCH3 is 1. The third kappa shape index (κ3) is 4.56. The number of benzene rings is 1. The summed E-state index contributed by atoms with van der Waals surface area (Å²) in [6.45, 7) is 2.83. The van der Waals surface area contributed by atoms with Gasteiger partial charge in [-0.1, -0.05) is 0 Å². The van der Waals surface area contributed by atoms with E-state index in [9.17, 15) is 14.7 Å². The average molecular weight is 496 g/mol. The summed E-state index contributed by atoms with van der Waals surface area (Å²) < 4.78 is 8.57. The van der Waals surface area contributed by atoms with Gasteiger partial charge in [-0.25, -0.2) is 14.5 Å². The number of urea groups is 1. The second kappa shape index (κ2) is 9.55. The normalized spacial score (nSPS) is 19.7. The van der Waals surface area contributed by atoms with E-state index >= 15 is 0 Å². The maximum absolute atomic E-state index is 13.2. The topological polar surface area (TPSA) is 109 Å². The van der Waals surface area contributed by atoms with Crippen LogP contribution in [0.1, 0.15) is 19.3 Å². The van der Waals surface area contributed by atoms with Crippen molar-refractivity contribution >= 4 is 22.8 Å². The van der Waals surface area contributed by atoms with Crippen molar-refractivity contribution in [3.05, 3.63) is 47.1 Å². The quantitative estimate of drug-likeness (QED) is 0.569. The Labute approximate surface area is 209 Å². The van der Waals surface area contributed by atoms with E-state index in [0.29, 0.717) is 37.0 Å². The molecule has 0 saturated carbocycles. The molecule has 2 saturated heterocycles. The fourth-order valence-electron chi connectivity index (χ4n) is 5.08. The van der Waals surface area contributed by atoms with Gasteiger partial charge in [-0.05, 0) is 43.5 Å². The smallest absolute Gasteiger partial charge is 0.319 e. The van der Waals surface area contributed by atoms with E-state index in [-0.39, 0.29) is 24.2 Å². The number of hydrogen-bond donors (Lipinski definition) is 1. The first-order chi connectivity index (χ1) is 17.3. The second-order valence-electron chi connectivity index (χ2n) is 9.97. The second-order valence-corrected chi connectivity index (χ2v) is 9.97. The molecule has 0 radical (unpaired) electrons. The lowest BCUT2D eigenvalue weighted by molar-refractivity contribution is -0.0282. The number of nitrogens with zero attached hydrogens (tertiary/aromatic N) is 7. The van der Waals surface area contributed by atoms with E-state index in [2.05, 4.69) is 15.0 Å². The van der Waals surface area contributed by atoms with Crippen molar-refractivity contribution < 1.29 is 14.6 Å². The minimum Gasteiger partial charge on any atom is -0.388 e. The van der Waals surface area contributed by atoms with Gasteiger partial charge in [0.2, 0.25) is 0 Å². The zero-order valence-electron chi connectivity index (χ0n) is 21.0. The van der Waals surface area contributed by atoms with Gasteiger partial charge in [-0.15, -0.1) is 0 Å². The van der Waals surface area contributed by atoms with Crippen LogP contribution in [0.25, 0.3) is 16.7 Å². The number of rotatable bonds is 5. The Balaban J connectivity index is 1.32. The number of piperidine rings is 1. The minimum atomic E-state index is -1.08. The number of carbonyl (C=O) groups excluding carboxylic acids is 1. The Bertz CT molecular complexity index is 1290. The zero-order valence-corrected chi connectivity index (χ0v) is 21.0. The molecule has 2 fully saturated rings. The van der Waals surface area contributed by atoms with Crippen molar-refractivity contribution in [1.29, 1.82) is 0 Å². The number of carbonyl (C=O) groups is 1. The molecule has 0 bridgehead atoms. The molecule has 2 aliphatic heterocycles. The van der Waals surface area contributed by atoms with Gasteiger partial charge < -0.3 is 24.5 Å². The van der Waals surface area contributed by atoms with Gasteiger partial charge in [-0.3, -0.25) is 9.36 Å². The first kappa shape index (κ1) is 24.3. The third-order valence-corrected chi connectivity index (χ3v) is 7.30. The van der Waals surface area contributed by atoms with Crippen LogP contribution in [0.2, 0.25) is 0 Å². The molecule has 0 aliphatic carbocycles. The molecule has 3 aromatic rings. The first-order valence-corrected chi connectivity index (χ1v) is 12.3. The summed E-state index contributed by atoms with van der Waals surface area (Å²) in [7, 11) is 5.17. The van der Waals surface area contributed by atoms with Crippen molar-refractivity contribution in [1.82, 2.24) is 29.1 Å². The highest BCUT2D eigenvalue weighted by Crippen LogP contribution is 2.26. The summed E-state index contributed by atoms with van der Waals surface area (Å²) in [5, 5.41) is 15.9. The highest BCUT2D eigenvalue weighted by atomic mass is 16.5. The average Bonchev–Trinajstić information content (AvgIpc) is 3.54. The predicted octanol–water partition coefficient (Wildman–Crippen LogP) is 1.32. The van der Waals surface area contributed by atoms with E-state index in [1.54, 1.807) is 30.8 Å². The Morgan fingerprint density at radius 2 is 1.86 bits per heavy atom. The van der Waals surface area contributed by atoms with Gasteiger partial charge >= 0.3 is 6.03 Å². The molecule has 1 aromatic carbocycles. The van der Waals surface area contributed by atoms with Crippen LogP contribution in [-0.2, 0) is 11.3 Å². The first-order valence-electron chi connectivity index (χ1n) is 12.3. The van der Waals surface area contributed by atoms with Crippen molar-refractivity contribution in [3.63, 3.8) is 0 Å². The van der Waals surface area contributed by atoms with E-state index in [4.69, 9.17) is 4.74 Å². The van der Waals surface area contributed by atoms with Gasteiger partial charge in [0.05, 0.1) is 30.1 Å². The van der Waals surface area contributed by atoms with Crippen LogP contribution in [0, 0.1) is 0 Å². The molecule has 192 valence electrons. The summed E-state index contributed by atoms with van der Waals surface area (Å²) >= 11 is 0. The molecule has 11 heteroatoms. The van der Waals surface area contributed by atoms with E-state index in [1.165, 1.54) is 22.0 Å². The van der Waals surface area contributed by atoms with Crippen LogP contribution in [-0.4, -0.2) is 99.4 Å². The number of fused-ring (bicyclic) bond motifs is 1. The van der Waals surface area contributed by atoms with Crippen LogP contribution >= 0.6 is 0 Å². The summed E-state index contributed by atoms with van der Waals surface area (Å²) in [6.07, 6.45) is 5.07. The van der Waals surface area contributed by atoms with Crippen LogP contribution in [0.3, 0.4) is 0 Å². The highest BCUT2D eigenvalue weighted by Gasteiger charge is 2.35. The number of amides is 2. The summed E-state index contributed by atoms with van der Waals surface area (Å²) in [5.74, 6) is 0. The third-order valence-electron chi connectivity index (χ3n) is 7.30. The standard InChI is InChI=1S/C25H33N7O4/c1-28(2)24(34)29-12-9-25(35,10-13-29)16-31-17-26-22-21(23(31)33)14-27-32(22)19-6-4-18(5-7-19)30-11-8-20(15-30)36-3/h4-7,14,17,20,35H,8-13,15-16H2,1-3H3/t20-/m1/s1. The molecule has 0 unspecified atom stereocenters. The molecule has 1 N–H and O–H groups in total. The molecule has 4 heterocycles. The van der Waals surface area contributed by atoms with Crippen molar-refractivity contribution in [2.45, 2.75) is 37.5 Å². The molecule has 2 amide bonds. The van der Waals surface area contributed by atoms with Crippen molar-refractivity contribution in [2.75, 3.05) is 52.3 Å². The number of aliphatic hydroxyl groups is 1. The molecule has 2 aliphatic rings. The van der Waals surface area contributed by atoms with Crippen LogP contribution < -0.4 is 10.5 Å². The maximum Gasteiger partial charge on any atom is 0.319 e. The van der Waals surface area contributed by atoms with Crippen LogP contribution in [0.4, 0.5) is 10.5 Å².